The summed E-state index contributed by atoms with van der Waals surface area (Å²) < 4.78 is 24.6. The van der Waals surface area contributed by atoms with Gasteiger partial charge in [-0.3, -0.25) is 0 Å². The molecule has 1 atom stereocenters. The van der Waals surface area contributed by atoms with Crippen LogP contribution in [0.1, 0.15) is 28.1 Å². The van der Waals surface area contributed by atoms with Crippen LogP contribution in [0.3, 0.4) is 0 Å². The zero-order valence-corrected chi connectivity index (χ0v) is 12.0. The van der Waals surface area contributed by atoms with Gasteiger partial charge in [-0.2, -0.15) is 4.98 Å². The first kappa shape index (κ1) is 14.5. The predicted molar refractivity (Wildman–Crippen MR) is 75.5 cm³/mol. The average Bonchev–Trinajstić information content (AvgIpc) is 2.90. The van der Waals surface area contributed by atoms with Crippen molar-refractivity contribution in [2.24, 2.45) is 0 Å². The number of aromatic nitrogens is 1. The fourth-order valence-electron chi connectivity index (χ4n) is 2.54. The highest BCUT2D eigenvalue weighted by Crippen LogP contribution is 2.29. The van der Waals surface area contributed by atoms with Crippen LogP contribution in [0.2, 0.25) is 0 Å². The van der Waals surface area contributed by atoms with Crippen molar-refractivity contribution in [2.75, 3.05) is 24.6 Å². The zero-order chi connectivity index (χ0) is 15.7. The monoisotopic (exact) mass is 306 g/mol. The molecule has 0 amide bonds. The van der Waals surface area contributed by atoms with Crippen molar-refractivity contribution in [3.8, 4) is 0 Å². The van der Waals surface area contributed by atoms with Gasteiger partial charge in [-0.05, 0) is 6.07 Å². The van der Waals surface area contributed by atoms with Crippen molar-refractivity contribution < 1.29 is 23.4 Å². The number of aryl methyl sites for hydroxylation is 1. The normalized spacial score (nSPS) is 18.5. The first-order chi connectivity index (χ1) is 10.6. The highest BCUT2D eigenvalue weighted by Gasteiger charge is 2.30. The van der Waals surface area contributed by atoms with Crippen LogP contribution in [-0.2, 0) is 4.74 Å². The molecule has 7 heteroatoms. The molecular weight excluding hydrogens is 291 g/mol. The minimum Gasteiger partial charge on any atom is -0.475 e. The van der Waals surface area contributed by atoms with E-state index in [2.05, 4.69) is 4.98 Å². The number of carboxylic acid groups (broad SMARTS) is 1. The number of halogens is 1. The summed E-state index contributed by atoms with van der Waals surface area (Å²) in [5.74, 6) is -1.18. The molecule has 2 heterocycles. The number of oxazole rings is 1. The quantitative estimate of drug-likeness (QED) is 0.938. The molecule has 1 unspecified atom stereocenters. The van der Waals surface area contributed by atoms with E-state index in [9.17, 15) is 14.3 Å². The van der Waals surface area contributed by atoms with Gasteiger partial charge < -0.3 is 19.2 Å². The van der Waals surface area contributed by atoms with E-state index in [1.54, 1.807) is 30.0 Å². The maximum atomic E-state index is 13.9. The lowest BCUT2D eigenvalue weighted by Gasteiger charge is -2.33. The molecular formula is C15H15FN2O4. The molecule has 3 rings (SSSR count). The van der Waals surface area contributed by atoms with Gasteiger partial charge in [-0.1, -0.05) is 18.2 Å². The van der Waals surface area contributed by atoms with Gasteiger partial charge in [0.25, 0.3) is 5.76 Å². The number of benzene rings is 1. The molecule has 2 aromatic rings. The Morgan fingerprint density at radius 3 is 2.95 bits per heavy atom. The summed E-state index contributed by atoms with van der Waals surface area (Å²) >= 11 is 0. The van der Waals surface area contributed by atoms with Crippen LogP contribution in [0.4, 0.5) is 10.2 Å². The minimum absolute atomic E-state index is 0.202. The van der Waals surface area contributed by atoms with Gasteiger partial charge in [0, 0.05) is 19.0 Å². The standard InChI is InChI=1S/C15H15FN2O4/c1-9-17-14(13(22-9)15(19)20)18-6-7-21-12(8-18)10-4-2-3-5-11(10)16/h2-5,12H,6-8H2,1H3,(H,19,20). The molecule has 0 radical (unpaired) electrons. The van der Waals surface area contributed by atoms with E-state index in [-0.39, 0.29) is 23.3 Å². The van der Waals surface area contributed by atoms with Crippen LogP contribution < -0.4 is 4.90 Å². The topological polar surface area (TPSA) is 75.8 Å². The highest BCUT2D eigenvalue weighted by atomic mass is 19.1. The molecule has 1 aromatic carbocycles. The van der Waals surface area contributed by atoms with E-state index in [1.807, 2.05) is 0 Å². The molecule has 1 aliphatic rings. The maximum absolute atomic E-state index is 13.9. The van der Waals surface area contributed by atoms with Gasteiger partial charge in [0.05, 0.1) is 13.2 Å². The maximum Gasteiger partial charge on any atom is 0.375 e. The van der Waals surface area contributed by atoms with Gasteiger partial charge in [-0.25, -0.2) is 9.18 Å². The summed E-state index contributed by atoms with van der Waals surface area (Å²) in [5, 5.41) is 9.19. The largest absolute Gasteiger partial charge is 0.475 e. The summed E-state index contributed by atoms with van der Waals surface area (Å²) in [6, 6.07) is 6.39. The molecule has 1 aromatic heterocycles. The number of hydrogen-bond acceptors (Lipinski definition) is 5. The van der Waals surface area contributed by atoms with E-state index in [4.69, 9.17) is 9.15 Å². The second kappa shape index (κ2) is 5.76. The van der Waals surface area contributed by atoms with E-state index in [0.717, 1.165) is 0 Å². The van der Waals surface area contributed by atoms with Crippen LogP contribution in [-0.4, -0.2) is 35.8 Å². The Balaban J connectivity index is 1.88. The molecule has 1 fully saturated rings. The fraction of sp³-hybridized carbons (Fsp3) is 0.333. The van der Waals surface area contributed by atoms with Crippen LogP contribution in [0, 0.1) is 12.7 Å². The number of nitrogens with zero attached hydrogens (tertiary/aromatic N) is 2. The van der Waals surface area contributed by atoms with E-state index < -0.39 is 12.1 Å². The molecule has 22 heavy (non-hydrogen) atoms. The summed E-state index contributed by atoms with van der Waals surface area (Å²) in [7, 11) is 0. The molecule has 0 bridgehead atoms. The SMILES string of the molecule is Cc1nc(N2CCOC(c3ccccc3F)C2)c(C(=O)O)o1. The molecule has 0 aliphatic carbocycles. The van der Waals surface area contributed by atoms with Crippen molar-refractivity contribution >= 4 is 11.8 Å². The number of aromatic carboxylic acids is 1. The number of carboxylic acids is 1. The lowest BCUT2D eigenvalue weighted by Crippen LogP contribution is -2.39. The Morgan fingerprint density at radius 1 is 1.45 bits per heavy atom. The zero-order valence-electron chi connectivity index (χ0n) is 12.0. The summed E-state index contributed by atoms with van der Waals surface area (Å²) in [4.78, 5) is 17.1. The van der Waals surface area contributed by atoms with Crippen molar-refractivity contribution in [2.45, 2.75) is 13.0 Å². The van der Waals surface area contributed by atoms with Crippen LogP contribution in [0.5, 0.6) is 0 Å². The summed E-state index contributed by atoms with van der Waals surface area (Å²) in [6.07, 6.45) is -0.478. The third-order valence-corrected chi connectivity index (χ3v) is 3.53. The Morgan fingerprint density at radius 2 is 2.23 bits per heavy atom. The lowest BCUT2D eigenvalue weighted by atomic mass is 10.1. The van der Waals surface area contributed by atoms with Crippen molar-refractivity contribution in [1.82, 2.24) is 4.98 Å². The minimum atomic E-state index is -1.18. The average molecular weight is 306 g/mol. The summed E-state index contributed by atoms with van der Waals surface area (Å²) in [5.41, 5.74) is 0.448. The Kier molecular flexibility index (Phi) is 3.81. The number of carbonyl (C=O) groups is 1. The number of ether oxygens (including phenoxy) is 1. The molecule has 1 aliphatic heterocycles. The van der Waals surface area contributed by atoms with Gasteiger partial charge in [0.15, 0.2) is 11.7 Å². The molecule has 116 valence electrons. The first-order valence-electron chi connectivity index (χ1n) is 6.88. The molecule has 1 N–H and O–H groups in total. The lowest BCUT2D eigenvalue weighted by molar-refractivity contribution is 0.0369. The smallest absolute Gasteiger partial charge is 0.375 e. The fourth-order valence-corrected chi connectivity index (χ4v) is 2.54. The van der Waals surface area contributed by atoms with E-state index in [1.165, 1.54) is 6.07 Å². The Hall–Kier alpha value is -2.41. The van der Waals surface area contributed by atoms with Gasteiger partial charge >= 0.3 is 5.97 Å². The Bertz CT molecular complexity index is 701. The number of hydrogen-bond donors (Lipinski definition) is 1. The van der Waals surface area contributed by atoms with Crippen molar-refractivity contribution in [3.05, 3.63) is 47.3 Å². The number of anilines is 1. The third-order valence-electron chi connectivity index (χ3n) is 3.53. The van der Waals surface area contributed by atoms with Crippen LogP contribution >= 0.6 is 0 Å². The Labute approximate surface area is 126 Å². The predicted octanol–water partition coefficient (Wildman–Crippen LogP) is 2.40. The summed E-state index contributed by atoms with van der Waals surface area (Å²) in [6.45, 7) is 2.72. The third kappa shape index (κ3) is 2.67. The second-order valence-corrected chi connectivity index (χ2v) is 5.02. The number of rotatable bonds is 3. The molecule has 0 spiro atoms. The van der Waals surface area contributed by atoms with Gasteiger partial charge in [-0.15, -0.1) is 0 Å². The molecule has 6 nitrogen and oxygen atoms in total. The van der Waals surface area contributed by atoms with Crippen molar-refractivity contribution in [1.29, 1.82) is 0 Å². The second-order valence-electron chi connectivity index (χ2n) is 5.02. The van der Waals surface area contributed by atoms with E-state index >= 15 is 0 Å². The van der Waals surface area contributed by atoms with Gasteiger partial charge in [0.2, 0.25) is 0 Å². The van der Waals surface area contributed by atoms with Crippen molar-refractivity contribution in [3.63, 3.8) is 0 Å². The number of morpholine rings is 1. The van der Waals surface area contributed by atoms with Crippen LogP contribution in [0.25, 0.3) is 0 Å². The van der Waals surface area contributed by atoms with E-state index in [0.29, 0.717) is 25.3 Å². The molecule has 0 saturated carbocycles. The highest BCUT2D eigenvalue weighted by molar-refractivity contribution is 5.90. The van der Waals surface area contributed by atoms with Gasteiger partial charge in [0.1, 0.15) is 11.9 Å². The first-order valence-corrected chi connectivity index (χ1v) is 6.88. The molecule has 1 saturated heterocycles. The van der Waals surface area contributed by atoms with Crippen LogP contribution in [0.15, 0.2) is 28.7 Å².